The number of nitrogens with one attached hydrogen (secondary N) is 2. The van der Waals surface area contributed by atoms with Crippen molar-refractivity contribution in [1.82, 2.24) is 19.9 Å². The molecule has 0 aliphatic carbocycles. The molecule has 4 nitrogen and oxygen atoms in total. The van der Waals surface area contributed by atoms with E-state index in [0.717, 1.165) is 83.8 Å². The Morgan fingerprint density at radius 2 is 0.541 bits per heavy atom. The van der Waals surface area contributed by atoms with Gasteiger partial charge in [0.25, 0.3) is 0 Å². The molecule has 0 amide bonds. The van der Waals surface area contributed by atoms with Crippen molar-refractivity contribution < 1.29 is 0 Å². The average Bonchev–Trinajstić information content (AvgIpc) is 4.39. The van der Waals surface area contributed by atoms with Crippen molar-refractivity contribution in [2.24, 2.45) is 0 Å². The number of benzene rings is 4. The van der Waals surface area contributed by atoms with Gasteiger partial charge in [-0.3, -0.25) is 0 Å². The van der Waals surface area contributed by atoms with Gasteiger partial charge < -0.3 is 0 Å². The summed E-state index contributed by atoms with van der Waals surface area (Å²) in [4.78, 5) is 20.1. The summed E-state index contributed by atoms with van der Waals surface area (Å²) in [5, 5.41) is 0. The third-order valence-electron chi connectivity index (χ3n) is 18.4. The zero-order valence-corrected chi connectivity index (χ0v) is 59.2. The summed E-state index contributed by atoms with van der Waals surface area (Å²) in [7, 11) is 0. The molecule has 448 valence electrons. The number of unbranched alkanes of at least 4 members (excludes halogenated alkanes) is 3. The second-order valence-electron chi connectivity index (χ2n) is 31.6. The first-order valence-corrected chi connectivity index (χ1v) is 40.0. The van der Waals surface area contributed by atoms with Crippen molar-refractivity contribution in [3.63, 3.8) is 0 Å². The van der Waals surface area contributed by atoms with Gasteiger partial charge in [-0.05, 0) is 49.2 Å². The fourth-order valence-electron chi connectivity index (χ4n) is 12.7. The van der Waals surface area contributed by atoms with Gasteiger partial charge in [-0.25, -0.2) is 0 Å². The molecular weight excluding hydrogens is 1140 g/mol. The molecule has 5 heteroatoms. The molecule has 0 atom stereocenters. The number of aromatic amines is 2. The fourth-order valence-corrected chi connectivity index (χ4v) is 28.6. The van der Waals surface area contributed by atoms with Gasteiger partial charge in [-0.1, -0.05) is 155 Å². The van der Waals surface area contributed by atoms with Gasteiger partial charge in [0, 0.05) is 5.56 Å². The number of rotatable bonds is 14. The van der Waals surface area contributed by atoms with Gasteiger partial charge in [0.1, 0.15) is 0 Å². The summed E-state index contributed by atoms with van der Waals surface area (Å²) in [6.07, 6.45) is 16.9. The first-order chi connectivity index (χ1) is 39.7. The molecule has 2 N–H and O–H groups in total. The topological polar surface area (TPSA) is 57.4 Å². The minimum absolute atomic E-state index is 0.0897. The van der Waals surface area contributed by atoms with Gasteiger partial charge in [-0.2, -0.15) is 0 Å². The molecule has 5 heterocycles. The van der Waals surface area contributed by atoms with Gasteiger partial charge in [-0.15, -0.1) is 0 Å². The molecule has 85 heavy (non-hydrogen) atoms. The summed E-state index contributed by atoms with van der Waals surface area (Å²) >= 11 is -2.78. The monoisotopic (exact) mass is 1240 g/mol. The summed E-state index contributed by atoms with van der Waals surface area (Å²) in [5.74, 6) is 0. The van der Waals surface area contributed by atoms with E-state index in [0.29, 0.717) is 0 Å². The Morgan fingerprint density at radius 1 is 0.306 bits per heavy atom. The van der Waals surface area contributed by atoms with Crippen LogP contribution in [0.4, 0.5) is 0 Å². The van der Waals surface area contributed by atoms with Crippen LogP contribution in [0.15, 0.2) is 103 Å². The fraction of sp³-hybridized carbons (Fsp3) is 0.450. The Balaban J connectivity index is 1.49. The Kier molecular flexibility index (Phi) is 18.1. The Morgan fingerprint density at radius 3 is 0.765 bits per heavy atom. The van der Waals surface area contributed by atoms with Crippen LogP contribution in [0.25, 0.3) is 90.9 Å². The first-order valence-electron chi connectivity index (χ1n) is 32.5. The number of hydrogen-bond acceptors (Lipinski definition) is 2. The Labute approximate surface area is 518 Å². The molecule has 0 radical (unpaired) electrons. The SMILES string of the molecule is CCC[CH2][Sn]([CH2]CCC)([CH2]CCC)[c]1ccc(-c2c3nc(c(-c4cc(C(C)(C)C)cc(C(C)(C)C)c4)c4ccc([nH]4)c(-c4cc(C(C)(C)C)cc(C(C)(C)C)c4)c4nc(c(-c5cc(C(C)(C)C)cc(C(C)(C)C)c5)c5ccc2[nH]5)C=C4)C=C3)cc1. The molecule has 0 spiro atoms. The Bertz CT molecular complexity index is 3630. The van der Waals surface area contributed by atoms with Crippen LogP contribution in [0, 0.1) is 0 Å². The van der Waals surface area contributed by atoms with Gasteiger partial charge in [0.05, 0.1) is 0 Å². The van der Waals surface area contributed by atoms with Gasteiger partial charge in [0.2, 0.25) is 0 Å². The van der Waals surface area contributed by atoms with E-state index in [4.69, 9.17) is 9.97 Å². The van der Waals surface area contributed by atoms with Crippen molar-refractivity contribution in [2.45, 2.75) is 230 Å². The minimum atomic E-state index is -2.78. The molecule has 2 aliphatic rings. The Hall–Kier alpha value is -5.72. The zero-order valence-electron chi connectivity index (χ0n) is 56.4. The van der Waals surface area contributed by atoms with Crippen LogP contribution in [0.3, 0.4) is 0 Å². The van der Waals surface area contributed by atoms with Crippen LogP contribution in [0.2, 0.25) is 13.3 Å². The molecule has 0 saturated carbocycles. The van der Waals surface area contributed by atoms with Crippen LogP contribution in [0.5, 0.6) is 0 Å². The van der Waals surface area contributed by atoms with E-state index in [-0.39, 0.29) is 32.5 Å². The third-order valence-corrected chi connectivity index (χ3v) is 34.1. The summed E-state index contributed by atoms with van der Waals surface area (Å²) in [5.41, 5.74) is 24.2. The second-order valence-corrected chi connectivity index (χ2v) is 44.8. The number of nitrogens with zero attached hydrogens (tertiary/aromatic N) is 2. The molecular formula is C80H104N4Sn. The van der Waals surface area contributed by atoms with Crippen LogP contribution in [-0.2, 0) is 32.5 Å². The van der Waals surface area contributed by atoms with Crippen molar-refractivity contribution in [3.8, 4) is 44.5 Å². The van der Waals surface area contributed by atoms with Crippen molar-refractivity contribution >= 4 is 68.3 Å². The van der Waals surface area contributed by atoms with Crippen LogP contribution in [0.1, 0.15) is 240 Å². The number of fused-ring (bicyclic) bond motifs is 8. The predicted octanol–water partition coefficient (Wildman–Crippen LogP) is 23.2. The van der Waals surface area contributed by atoms with Crippen molar-refractivity contribution in [3.05, 3.63) is 159 Å². The molecule has 0 fully saturated rings. The molecule has 9 rings (SSSR count). The van der Waals surface area contributed by atoms with Gasteiger partial charge >= 0.3 is 312 Å². The van der Waals surface area contributed by atoms with Crippen LogP contribution in [-0.4, -0.2) is 38.3 Å². The van der Waals surface area contributed by atoms with E-state index in [1.807, 2.05) is 0 Å². The van der Waals surface area contributed by atoms with E-state index in [1.165, 1.54) is 90.8 Å². The zero-order chi connectivity index (χ0) is 61.8. The number of H-pyrrole nitrogens is 2. The molecule has 0 saturated heterocycles. The molecule has 0 unspecified atom stereocenters. The average molecular weight is 1240 g/mol. The third kappa shape index (κ3) is 13.9. The van der Waals surface area contributed by atoms with E-state index in [9.17, 15) is 0 Å². The normalized spacial score (nSPS) is 13.6. The van der Waals surface area contributed by atoms with E-state index < -0.39 is 18.4 Å². The molecule has 3 aromatic heterocycles. The maximum absolute atomic E-state index is 5.90. The van der Waals surface area contributed by atoms with Crippen LogP contribution >= 0.6 is 0 Å². The quantitative estimate of drug-likeness (QED) is 0.107. The van der Waals surface area contributed by atoms with E-state index >= 15 is 0 Å². The molecule has 8 bridgehead atoms. The number of hydrogen-bond donors (Lipinski definition) is 2. The summed E-state index contributed by atoms with van der Waals surface area (Å²) in [6, 6.07) is 41.2. The molecule has 4 aromatic carbocycles. The maximum atomic E-state index is 5.90. The second kappa shape index (κ2) is 24.1. The molecule has 2 aliphatic heterocycles. The summed E-state index contributed by atoms with van der Waals surface area (Å²) < 4.78 is 6.00. The van der Waals surface area contributed by atoms with Crippen LogP contribution < -0.4 is 3.58 Å². The van der Waals surface area contributed by atoms with Crippen molar-refractivity contribution in [1.29, 1.82) is 0 Å². The molecule has 7 aromatic rings. The van der Waals surface area contributed by atoms with Gasteiger partial charge in [0.15, 0.2) is 0 Å². The summed E-state index contributed by atoms with van der Waals surface area (Å²) in [6.45, 7) is 49.2. The van der Waals surface area contributed by atoms with E-state index in [2.05, 4.69) is 283 Å². The number of aromatic nitrogens is 4. The van der Waals surface area contributed by atoms with E-state index in [1.54, 1.807) is 3.58 Å². The first kappa shape index (κ1) is 63.8. The predicted molar refractivity (Wildman–Crippen MR) is 377 cm³/mol. The van der Waals surface area contributed by atoms with Crippen molar-refractivity contribution in [2.75, 3.05) is 0 Å². The standard InChI is InChI=1S/C68H77N4.3C4H9.Sn/c1-63(2,3)45-32-42(33-46(38-45)64(4,5)6)60-53-26-24-51(69-53)59(41-22-20-19-21-23-41)52-25-27-54(70-52)61(43-34-47(65(7,8)9)39-48(35-43)66(10,11)12)56-29-31-58(72-56)62(57-30-28-55(60)71-57)44-36-49(67(13,14)15)40-50(37-44)68(16,17)18;3*1-3-4-2;/h20-40,69,72H,1-18H3;3*1,3-4H2,2H3;.